The Morgan fingerprint density at radius 1 is 0.500 bits per heavy atom. The van der Waals surface area contributed by atoms with Crippen molar-refractivity contribution in [1.82, 2.24) is 5.06 Å². The molecular formula is C44H79NO3. The van der Waals surface area contributed by atoms with E-state index in [2.05, 4.69) is 62.5 Å². The molecule has 4 nitrogen and oxygen atoms in total. The molecule has 278 valence electrons. The van der Waals surface area contributed by atoms with Gasteiger partial charge < -0.3 is 9.47 Å². The smallest absolute Gasteiger partial charge is 0.169 e. The van der Waals surface area contributed by atoms with Crippen molar-refractivity contribution < 1.29 is 14.3 Å². The quantitative estimate of drug-likeness (QED) is 0.0405. The third kappa shape index (κ3) is 21.8. The van der Waals surface area contributed by atoms with E-state index in [0.717, 1.165) is 38.5 Å². The van der Waals surface area contributed by atoms with Gasteiger partial charge in [-0.3, -0.25) is 4.84 Å². The minimum atomic E-state index is -0.358. The Morgan fingerprint density at radius 2 is 0.854 bits per heavy atom. The highest BCUT2D eigenvalue weighted by Crippen LogP contribution is 2.44. The van der Waals surface area contributed by atoms with E-state index in [0.29, 0.717) is 0 Å². The molecule has 0 N–H and O–H groups in total. The number of nitrogens with zero attached hydrogens (tertiary/aromatic N) is 1. The third-order valence-electron chi connectivity index (χ3n) is 10.0. The highest BCUT2D eigenvalue weighted by Gasteiger charge is 2.51. The van der Waals surface area contributed by atoms with E-state index in [9.17, 15) is 0 Å². The zero-order chi connectivity index (χ0) is 34.4. The van der Waals surface area contributed by atoms with E-state index < -0.39 is 0 Å². The van der Waals surface area contributed by atoms with Crippen molar-refractivity contribution in [2.45, 2.75) is 218 Å². The minimum absolute atomic E-state index is 0.198. The van der Waals surface area contributed by atoms with E-state index in [1.807, 2.05) is 19.2 Å². The molecule has 0 aromatic rings. The standard InChI is InChI=1S/C44H79NO3/c1-5-7-9-11-13-15-17-19-21-23-25-27-29-31-33-35-37-44(46-42-39-41(48-45(3)4)40-43(42)47-44)38-36-34-32-30-28-26-24-22-20-18-16-14-12-10-8-6-2/h13-16,19-22,41-43H,5-12,17-18,23-40H2,1-4H3/b15-13-,16-14-,21-19-,22-20-/t41?,42-,43+. The molecule has 0 aromatic carbocycles. The lowest BCUT2D eigenvalue weighted by Gasteiger charge is -2.30. The van der Waals surface area contributed by atoms with Crippen LogP contribution in [-0.2, 0) is 14.3 Å². The molecule has 1 aliphatic carbocycles. The molecule has 48 heavy (non-hydrogen) atoms. The van der Waals surface area contributed by atoms with Crippen molar-refractivity contribution in [3.8, 4) is 0 Å². The van der Waals surface area contributed by atoms with Crippen LogP contribution < -0.4 is 0 Å². The van der Waals surface area contributed by atoms with Gasteiger partial charge in [-0.15, -0.1) is 0 Å². The predicted molar refractivity (Wildman–Crippen MR) is 208 cm³/mol. The number of rotatable bonds is 32. The van der Waals surface area contributed by atoms with Crippen molar-refractivity contribution in [2.24, 2.45) is 0 Å². The Bertz CT molecular complexity index is 782. The van der Waals surface area contributed by atoms with Crippen molar-refractivity contribution in [2.75, 3.05) is 14.1 Å². The molecule has 1 saturated heterocycles. The molecule has 0 spiro atoms. The normalized spacial score (nSPS) is 21.0. The second-order valence-corrected chi connectivity index (χ2v) is 14.9. The van der Waals surface area contributed by atoms with Gasteiger partial charge in [-0.25, -0.2) is 0 Å². The third-order valence-corrected chi connectivity index (χ3v) is 10.0. The molecule has 1 heterocycles. The van der Waals surface area contributed by atoms with Gasteiger partial charge in [0.15, 0.2) is 5.79 Å². The summed E-state index contributed by atoms with van der Waals surface area (Å²) >= 11 is 0. The molecule has 2 fully saturated rings. The van der Waals surface area contributed by atoms with Crippen LogP contribution in [0.3, 0.4) is 0 Å². The van der Waals surface area contributed by atoms with Gasteiger partial charge >= 0.3 is 0 Å². The zero-order valence-corrected chi connectivity index (χ0v) is 32.3. The minimum Gasteiger partial charge on any atom is -0.344 e. The summed E-state index contributed by atoms with van der Waals surface area (Å²) in [6.45, 7) is 4.54. The fourth-order valence-corrected chi connectivity index (χ4v) is 7.26. The van der Waals surface area contributed by atoms with E-state index >= 15 is 0 Å². The molecule has 0 radical (unpaired) electrons. The lowest BCUT2D eigenvalue weighted by molar-refractivity contribution is -0.213. The van der Waals surface area contributed by atoms with Gasteiger partial charge in [0.25, 0.3) is 0 Å². The number of ether oxygens (including phenoxy) is 2. The lowest BCUT2D eigenvalue weighted by atomic mass is 9.98. The summed E-state index contributed by atoms with van der Waals surface area (Å²) in [5.41, 5.74) is 0. The van der Waals surface area contributed by atoms with Crippen molar-refractivity contribution in [3.05, 3.63) is 48.6 Å². The van der Waals surface area contributed by atoms with Crippen LogP contribution in [0.4, 0.5) is 0 Å². The number of hydrogen-bond donors (Lipinski definition) is 0. The van der Waals surface area contributed by atoms with Crippen LogP contribution in [-0.4, -0.2) is 43.3 Å². The van der Waals surface area contributed by atoms with Crippen LogP contribution >= 0.6 is 0 Å². The maximum Gasteiger partial charge on any atom is 0.169 e. The first kappa shape index (κ1) is 43.0. The fourth-order valence-electron chi connectivity index (χ4n) is 7.26. The van der Waals surface area contributed by atoms with Crippen LogP contribution in [0.25, 0.3) is 0 Å². The second kappa shape index (κ2) is 29.5. The maximum absolute atomic E-state index is 6.79. The highest BCUT2D eigenvalue weighted by atomic mass is 16.8. The van der Waals surface area contributed by atoms with E-state index in [4.69, 9.17) is 14.3 Å². The summed E-state index contributed by atoms with van der Waals surface area (Å²) < 4.78 is 13.6. The molecular weight excluding hydrogens is 590 g/mol. The maximum atomic E-state index is 6.79. The Balaban J connectivity index is 1.57. The molecule has 1 aliphatic heterocycles. The van der Waals surface area contributed by atoms with Crippen molar-refractivity contribution in [3.63, 3.8) is 0 Å². The SMILES string of the molecule is CCCCC/C=C\C/C=C\CCCCCCCCC1(CCCCCCCC/C=C\C/C=C\CCCCC)O[C@H]2CC(ON(C)C)C[C@H]2O1. The summed E-state index contributed by atoms with van der Waals surface area (Å²) in [4.78, 5) is 5.96. The summed E-state index contributed by atoms with van der Waals surface area (Å²) in [5, 5.41) is 1.83. The van der Waals surface area contributed by atoms with E-state index in [1.54, 1.807) is 0 Å². The number of hydroxylamine groups is 2. The predicted octanol–water partition coefficient (Wildman–Crippen LogP) is 13.5. The van der Waals surface area contributed by atoms with Crippen LogP contribution in [0.5, 0.6) is 0 Å². The van der Waals surface area contributed by atoms with Crippen LogP contribution in [0, 0.1) is 0 Å². The number of unbranched alkanes of at least 4 members (excludes halogenated alkanes) is 18. The Hall–Kier alpha value is -1.20. The lowest BCUT2D eigenvalue weighted by Crippen LogP contribution is -2.33. The number of fused-ring (bicyclic) bond motifs is 1. The van der Waals surface area contributed by atoms with Crippen molar-refractivity contribution in [1.29, 1.82) is 0 Å². The topological polar surface area (TPSA) is 30.9 Å². The molecule has 0 aromatic heterocycles. The number of hydrogen-bond acceptors (Lipinski definition) is 4. The average Bonchev–Trinajstić information content (AvgIpc) is 3.59. The summed E-state index contributed by atoms with van der Waals surface area (Å²) in [5.74, 6) is -0.358. The van der Waals surface area contributed by atoms with Gasteiger partial charge in [0, 0.05) is 39.8 Å². The Kier molecular flexibility index (Phi) is 26.4. The largest absolute Gasteiger partial charge is 0.344 e. The molecule has 1 unspecified atom stereocenters. The van der Waals surface area contributed by atoms with Gasteiger partial charge in [0.2, 0.25) is 0 Å². The molecule has 3 atom stereocenters. The van der Waals surface area contributed by atoms with Crippen LogP contribution in [0.2, 0.25) is 0 Å². The number of allylic oxidation sites excluding steroid dienone is 8. The van der Waals surface area contributed by atoms with E-state index in [1.165, 1.54) is 141 Å². The first-order chi connectivity index (χ1) is 23.6. The van der Waals surface area contributed by atoms with Crippen molar-refractivity contribution >= 4 is 0 Å². The molecule has 0 bridgehead atoms. The molecule has 2 aliphatic rings. The first-order valence-electron chi connectivity index (χ1n) is 20.9. The van der Waals surface area contributed by atoms with Crippen LogP contribution in [0.1, 0.15) is 194 Å². The monoisotopic (exact) mass is 670 g/mol. The van der Waals surface area contributed by atoms with Gasteiger partial charge in [-0.1, -0.05) is 140 Å². The second-order valence-electron chi connectivity index (χ2n) is 14.9. The zero-order valence-electron chi connectivity index (χ0n) is 32.3. The summed E-state index contributed by atoms with van der Waals surface area (Å²) in [6.07, 6.45) is 54.3. The van der Waals surface area contributed by atoms with Gasteiger partial charge in [-0.05, 0) is 77.0 Å². The average molecular weight is 670 g/mol. The van der Waals surface area contributed by atoms with E-state index in [-0.39, 0.29) is 24.1 Å². The molecule has 0 amide bonds. The first-order valence-corrected chi connectivity index (χ1v) is 20.9. The Labute approximate surface area is 299 Å². The Morgan fingerprint density at radius 3 is 1.23 bits per heavy atom. The molecule has 1 saturated carbocycles. The summed E-state index contributed by atoms with van der Waals surface area (Å²) in [6, 6.07) is 0. The summed E-state index contributed by atoms with van der Waals surface area (Å²) in [7, 11) is 3.94. The molecule has 2 rings (SSSR count). The van der Waals surface area contributed by atoms with Gasteiger partial charge in [0.1, 0.15) is 0 Å². The fraction of sp³-hybridized carbons (Fsp3) is 0.818. The van der Waals surface area contributed by atoms with Gasteiger partial charge in [0.05, 0.1) is 18.3 Å². The van der Waals surface area contributed by atoms with Crippen LogP contribution in [0.15, 0.2) is 48.6 Å². The van der Waals surface area contributed by atoms with Gasteiger partial charge in [-0.2, -0.15) is 5.06 Å². The molecule has 4 heteroatoms. The highest BCUT2D eigenvalue weighted by molar-refractivity contribution is 4.95.